The van der Waals surface area contributed by atoms with Crippen LogP contribution in [0.3, 0.4) is 0 Å². The van der Waals surface area contributed by atoms with E-state index >= 15 is 0 Å². The zero-order valence-corrected chi connectivity index (χ0v) is 10.8. The van der Waals surface area contributed by atoms with E-state index in [9.17, 15) is 14.6 Å². The first-order chi connectivity index (χ1) is 8.95. The third kappa shape index (κ3) is 3.16. The van der Waals surface area contributed by atoms with Gasteiger partial charge in [-0.05, 0) is 55.3 Å². The van der Waals surface area contributed by atoms with Gasteiger partial charge in [-0.3, -0.25) is 0 Å². The summed E-state index contributed by atoms with van der Waals surface area (Å²) in [7, 11) is 0. The van der Waals surface area contributed by atoms with Crippen LogP contribution in [0.4, 0.5) is 10.1 Å². The third-order valence-corrected chi connectivity index (χ3v) is 2.97. The Bertz CT molecular complexity index is 578. The number of anilines is 1. The van der Waals surface area contributed by atoms with Crippen molar-refractivity contribution < 1.29 is 14.6 Å². The van der Waals surface area contributed by atoms with Gasteiger partial charge >= 0.3 is 0 Å². The second-order valence-electron chi connectivity index (χ2n) is 4.61. The van der Waals surface area contributed by atoms with E-state index < -0.39 is 0 Å². The molecule has 3 nitrogen and oxygen atoms in total. The molecule has 0 fully saturated rings. The van der Waals surface area contributed by atoms with Crippen LogP contribution in [0.15, 0.2) is 36.4 Å². The lowest BCUT2D eigenvalue weighted by Gasteiger charge is -2.17. The quantitative estimate of drug-likeness (QED) is 0.789. The first-order valence-corrected chi connectivity index (χ1v) is 6.01. The van der Waals surface area contributed by atoms with Crippen molar-refractivity contribution in [1.29, 1.82) is 0 Å². The van der Waals surface area contributed by atoms with Crippen LogP contribution < -0.4 is 5.32 Å². The van der Waals surface area contributed by atoms with Gasteiger partial charge in [0.25, 0.3) is 0 Å². The van der Waals surface area contributed by atoms with E-state index in [1.54, 1.807) is 31.2 Å². The van der Waals surface area contributed by atoms with Crippen LogP contribution >= 0.6 is 0 Å². The Balaban J connectivity index is 2.20. The molecule has 2 aromatic rings. The zero-order chi connectivity index (χ0) is 14.0. The number of hydrogen-bond acceptors (Lipinski definition) is 3. The highest BCUT2D eigenvalue weighted by Crippen LogP contribution is 2.27. The van der Waals surface area contributed by atoms with E-state index in [1.165, 1.54) is 12.1 Å². The van der Waals surface area contributed by atoms with Crippen LogP contribution in [0.5, 0.6) is 11.5 Å². The summed E-state index contributed by atoms with van der Waals surface area (Å²) in [4.78, 5) is 0. The van der Waals surface area contributed by atoms with Crippen LogP contribution in [0.1, 0.15) is 24.1 Å². The molecule has 0 saturated carbocycles. The summed E-state index contributed by atoms with van der Waals surface area (Å²) in [6.45, 7) is 3.60. The number of rotatable bonds is 3. The van der Waals surface area contributed by atoms with E-state index in [2.05, 4.69) is 5.32 Å². The summed E-state index contributed by atoms with van der Waals surface area (Å²) >= 11 is 0. The fraction of sp³-hybridized carbons (Fsp3) is 0.200. The molecule has 2 aromatic carbocycles. The maximum absolute atomic E-state index is 13.2. The maximum Gasteiger partial charge on any atom is 0.126 e. The lowest BCUT2D eigenvalue weighted by atomic mass is 10.1. The van der Waals surface area contributed by atoms with Crippen molar-refractivity contribution in [3.8, 4) is 11.5 Å². The number of phenolic OH excluding ortho intramolecular Hbond substituents is 2. The molecule has 1 atom stereocenters. The summed E-state index contributed by atoms with van der Waals surface area (Å²) in [6.07, 6.45) is 0. The first-order valence-electron chi connectivity index (χ1n) is 6.01. The molecule has 0 aliphatic heterocycles. The Morgan fingerprint density at radius 1 is 1.05 bits per heavy atom. The minimum atomic E-state index is -0.242. The van der Waals surface area contributed by atoms with E-state index in [1.807, 2.05) is 6.92 Å². The van der Waals surface area contributed by atoms with Crippen molar-refractivity contribution in [3.63, 3.8) is 0 Å². The highest BCUT2D eigenvalue weighted by molar-refractivity contribution is 5.49. The van der Waals surface area contributed by atoms with Crippen molar-refractivity contribution in [2.75, 3.05) is 5.32 Å². The number of nitrogens with one attached hydrogen (secondary N) is 1. The smallest absolute Gasteiger partial charge is 0.126 e. The molecule has 2 rings (SSSR count). The SMILES string of the molecule is Cc1cc(NC(C)c2cc(O)cc(O)c2)ccc1F. The molecular weight excluding hydrogens is 245 g/mol. The van der Waals surface area contributed by atoms with Crippen molar-refractivity contribution >= 4 is 5.69 Å². The van der Waals surface area contributed by atoms with Gasteiger partial charge in [-0.25, -0.2) is 4.39 Å². The first kappa shape index (κ1) is 13.2. The van der Waals surface area contributed by atoms with Gasteiger partial charge in [-0.2, -0.15) is 0 Å². The van der Waals surface area contributed by atoms with Crippen molar-refractivity contribution in [2.24, 2.45) is 0 Å². The molecule has 0 bridgehead atoms. The standard InChI is InChI=1S/C15H16FNO2/c1-9-5-12(3-4-15(9)16)17-10(2)11-6-13(18)8-14(19)7-11/h3-8,10,17-19H,1-2H3. The normalized spacial score (nSPS) is 12.2. The molecule has 0 radical (unpaired) electrons. The molecule has 0 spiro atoms. The molecule has 0 heterocycles. The summed E-state index contributed by atoms with van der Waals surface area (Å²) in [6, 6.07) is 9.09. The fourth-order valence-electron chi connectivity index (χ4n) is 1.94. The van der Waals surface area contributed by atoms with Crippen molar-refractivity contribution in [1.82, 2.24) is 0 Å². The van der Waals surface area contributed by atoms with Gasteiger partial charge in [0.15, 0.2) is 0 Å². The van der Waals surface area contributed by atoms with Gasteiger partial charge in [0, 0.05) is 17.8 Å². The van der Waals surface area contributed by atoms with Crippen molar-refractivity contribution in [2.45, 2.75) is 19.9 Å². The third-order valence-electron chi connectivity index (χ3n) is 2.97. The van der Waals surface area contributed by atoms with E-state index in [0.29, 0.717) is 5.56 Å². The van der Waals surface area contributed by atoms with Gasteiger partial charge in [-0.15, -0.1) is 0 Å². The molecule has 0 aromatic heterocycles. The van der Waals surface area contributed by atoms with Gasteiger partial charge < -0.3 is 15.5 Å². The molecule has 1 unspecified atom stereocenters. The zero-order valence-electron chi connectivity index (χ0n) is 10.8. The highest BCUT2D eigenvalue weighted by Gasteiger charge is 2.09. The maximum atomic E-state index is 13.2. The fourth-order valence-corrected chi connectivity index (χ4v) is 1.94. The second kappa shape index (κ2) is 5.18. The van der Waals surface area contributed by atoms with Gasteiger partial charge in [0.05, 0.1) is 0 Å². The number of phenols is 2. The molecule has 19 heavy (non-hydrogen) atoms. The minimum absolute atomic E-state index is 0.0129. The predicted molar refractivity (Wildman–Crippen MR) is 72.9 cm³/mol. The predicted octanol–water partition coefficient (Wildman–Crippen LogP) is 3.72. The average Bonchev–Trinajstić information content (AvgIpc) is 2.32. The van der Waals surface area contributed by atoms with E-state index in [0.717, 1.165) is 11.3 Å². The average molecular weight is 261 g/mol. The van der Waals surface area contributed by atoms with Gasteiger partial charge in [0.2, 0.25) is 0 Å². The molecule has 0 aliphatic rings. The Labute approximate surface area is 111 Å². The Morgan fingerprint density at radius 3 is 2.26 bits per heavy atom. The van der Waals surface area contributed by atoms with E-state index in [4.69, 9.17) is 0 Å². The van der Waals surface area contributed by atoms with Crippen LogP contribution in [-0.2, 0) is 0 Å². The van der Waals surface area contributed by atoms with Crippen LogP contribution in [-0.4, -0.2) is 10.2 Å². The summed E-state index contributed by atoms with van der Waals surface area (Å²) in [5.74, 6) is -0.217. The number of aromatic hydroxyl groups is 2. The second-order valence-corrected chi connectivity index (χ2v) is 4.61. The molecule has 3 N–H and O–H groups in total. The largest absolute Gasteiger partial charge is 0.508 e. The molecule has 4 heteroatoms. The monoisotopic (exact) mass is 261 g/mol. The molecule has 100 valence electrons. The van der Waals surface area contributed by atoms with Crippen LogP contribution in [0.25, 0.3) is 0 Å². The van der Waals surface area contributed by atoms with E-state index in [-0.39, 0.29) is 23.4 Å². The molecular formula is C15H16FNO2. The Morgan fingerprint density at radius 2 is 1.68 bits per heavy atom. The lowest BCUT2D eigenvalue weighted by molar-refractivity contribution is 0.448. The lowest BCUT2D eigenvalue weighted by Crippen LogP contribution is -2.06. The number of aryl methyl sites for hydroxylation is 1. The Kier molecular flexibility index (Phi) is 3.60. The topological polar surface area (TPSA) is 52.5 Å². The molecule has 0 aliphatic carbocycles. The van der Waals surface area contributed by atoms with Gasteiger partial charge in [0.1, 0.15) is 17.3 Å². The Hall–Kier alpha value is -2.23. The molecule has 0 amide bonds. The van der Waals surface area contributed by atoms with Crippen molar-refractivity contribution in [3.05, 3.63) is 53.3 Å². The number of halogens is 1. The van der Waals surface area contributed by atoms with Crippen LogP contribution in [0.2, 0.25) is 0 Å². The summed E-state index contributed by atoms with van der Waals surface area (Å²) in [5.41, 5.74) is 2.10. The summed E-state index contributed by atoms with van der Waals surface area (Å²) < 4.78 is 13.2. The molecule has 0 saturated heterocycles. The minimum Gasteiger partial charge on any atom is -0.508 e. The number of benzene rings is 2. The highest BCUT2D eigenvalue weighted by atomic mass is 19.1. The van der Waals surface area contributed by atoms with Gasteiger partial charge in [-0.1, -0.05) is 0 Å². The number of hydrogen-bond donors (Lipinski definition) is 3. The van der Waals surface area contributed by atoms with Crippen LogP contribution in [0, 0.1) is 12.7 Å². The summed E-state index contributed by atoms with van der Waals surface area (Å²) in [5, 5.41) is 22.1.